The van der Waals surface area contributed by atoms with Gasteiger partial charge < -0.3 is 14.8 Å². The van der Waals surface area contributed by atoms with E-state index < -0.39 is 63.4 Å². The average molecular weight is 511 g/mol. The van der Waals surface area contributed by atoms with E-state index >= 15 is 0 Å². The molecule has 0 spiro atoms. The Morgan fingerprint density at radius 2 is 1.74 bits per heavy atom. The minimum Gasteiger partial charge on any atom is -0.453 e. The van der Waals surface area contributed by atoms with Gasteiger partial charge in [-0.3, -0.25) is 14.6 Å². The first kappa shape index (κ1) is 25.0. The van der Waals surface area contributed by atoms with E-state index in [0.29, 0.717) is 18.2 Å². The van der Waals surface area contributed by atoms with Crippen molar-refractivity contribution in [3.05, 3.63) is 64.1 Å². The summed E-state index contributed by atoms with van der Waals surface area (Å²) >= 11 is 5.66. The van der Waals surface area contributed by atoms with E-state index in [0.717, 1.165) is 12.3 Å². The highest BCUT2D eigenvalue weighted by Gasteiger charge is 2.36. The Kier molecular flexibility index (Phi) is 6.87. The Morgan fingerprint density at radius 1 is 1.03 bits per heavy atom. The second-order valence-electron chi connectivity index (χ2n) is 6.56. The van der Waals surface area contributed by atoms with E-state index in [1.807, 2.05) is 0 Å². The number of dihydropyridines is 1. The van der Waals surface area contributed by atoms with Crippen molar-refractivity contribution in [1.82, 2.24) is 5.32 Å². The van der Waals surface area contributed by atoms with E-state index in [1.165, 1.54) is 0 Å². The number of hydrogen-bond acceptors (Lipinski definition) is 5. The normalized spacial score (nSPS) is 14.0. The average Bonchev–Trinajstić information content (AvgIpc) is 2.68. The Balaban J connectivity index is 2.07. The molecule has 1 amide bonds. The Hall–Kier alpha value is -3.61. The number of nitrogens with one attached hydrogen (secondary N) is 1. The van der Waals surface area contributed by atoms with Gasteiger partial charge >= 0.3 is 12.5 Å². The van der Waals surface area contributed by atoms with Gasteiger partial charge in [-0.1, -0.05) is 11.6 Å². The van der Waals surface area contributed by atoms with Crippen LogP contribution in [0.3, 0.4) is 0 Å². The number of aliphatic imine (C=N–C) groups is 1. The van der Waals surface area contributed by atoms with Crippen molar-refractivity contribution in [1.29, 1.82) is 0 Å². The fourth-order valence-corrected chi connectivity index (χ4v) is 2.95. The van der Waals surface area contributed by atoms with Gasteiger partial charge in [0.05, 0.1) is 21.8 Å². The highest BCUT2D eigenvalue weighted by Crippen LogP contribution is 2.42. The number of nitrogens with zero attached hydrogens (tertiary/aromatic N) is 1. The number of ether oxygens (including phenoxy) is 2. The summed E-state index contributed by atoms with van der Waals surface area (Å²) in [4.78, 5) is 27.8. The standard InChI is InChI=1S/C20H10ClF7N2O4/c21-14-5-12(18(32)30-10-4-11(31)8-29-7-10)16(6-13(14)19(23,24)25)33-15-2-1-9(22)3-17(15)34-20(26,27)28/h1-7H,8H2,(H,30,32). The second-order valence-corrected chi connectivity index (χ2v) is 6.96. The van der Waals surface area contributed by atoms with Crippen LogP contribution < -0.4 is 14.8 Å². The molecule has 0 unspecified atom stereocenters. The molecule has 0 aromatic heterocycles. The number of allylic oxidation sites excluding steroid dienone is 1. The van der Waals surface area contributed by atoms with Gasteiger partial charge in [-0.25, -0.2) is 4.39 Å². The predicted octanol–water partition coefficient (Wildman–Crippen LogP) is 5.46. The lowest BCUT2D eigenvalue weighted by Gasteiger charge is -2.18. The van der Waals surface area contributed by atoms with Crippen LogP contribution >= 0.6 is 11.6 Å². The zero-order valence-electron chi connectivity index (χ0n) is 16.4. The first-order valence-corrected chi connectivity index (χ1v) is 9.30. The molecule has 1 aliphatic rings. The molecule has 0 bridgehead atoms. The summed E-state index contributed by atoms with van der Waals surface area (Å²) in [7, 11) is 0. The molecule has 14 heteroatoms. The second kappa shape index (κ2) is 9.33. The number of alkyl halides is 6. The molecular formula is C20H10ClF7N2O4. The highest BCUT2D eigenvalue weighted by atomic mass is 35.5. The maximum absolute atomic E-state index is 13.5. The van der Waals surface area contributed by atoms with Gasteiger partial charge in [0.1, 0.15) is 18.1 Å². The minimum atomic E-state index is -5.29. The fourth-order valence-electron chi connectivity index (χ4n) is 2.68. The molecule has 34 heavy (non-hydrogen) atoms. The number of benzene rings is 2. The molecule has 1 aliphatic heterocycles. The quantitative estimate of drug-likeness (QED) is 0.542. The molecule has 180 valence electrons. The van der Waals surface area contributed by atoms with E-state index in [1.54, 1.807) is 0 Å². The molecule has 1 heterocycles. The zero-order chi connectivity index (χ0) is 25.3. The smallest absolute Gasteiger partial charge is 0.453 e. The van der Waals surface area contributed by atoms with Crippen molar-refractivity contribution >= 4 is 29.5 Å². The third-order valence-corrected chi connectivity index (χ3v) is 4.34. The molecule has 6 nitrogen and oxygen atoms in total. The Morgan fingerprint density at radius 3 is 2.35 bits per heavy atom. The molecular weight excluding hydrogens is 501 g/mol. The molecule has 0 saturated heterocycles. The number of carbonyl (C=O) groups is 2. The van der Waals surface area contributed by atoms with Crippen LogP contribution in [-0.4, -0.2) is 30.8 Å². The Labute approximate surface area is 190 Å². The lowest BCUT2D eigenvalue weighted by Crippen LogP contribution is -2.27. The number of halogens is 8. The third-order valence-electron chi connectivity index (χ3n) is 4.02. The molecule has 3 rings (SSSR count). The molecule has 0 atom stereocenters. The number of hydrogen-bond donors (Lipinski definition) is 1. The van der Waals surface area contributed by atoms with Crippen LogP contribution in [0.4, 0.5) is 30.7 Å². The van der Waals surface area contributed by atoms with Crippen LogP contribution in [-0.2, 0) is 11.0 Å². The summed E-state index contributed by atoms with van der Waals surface area (Å²) in [5.74, 6) is -5.71. The van der Waals surface area contributed by atoms with Gasteiger partial charge in [0.15, 0.2) is 17.3 Å². The van der Waals surface area contributed by atoms with Crippen molar-refractivity contribution in [2.75, 3.05) is 6.54 Å². The topological polar surface area (TPSA) is 77.0 Å². The maximum Gasteiger partial charge on any atom is 0.573 e. The first-order valence-electron chi connectivity index (χ1n) is 8.92. The fraction of sp³-hybridized carbons (Fsp3) is 0.150. The molecule has 0 fully saturated rings. The molecule has 2 aromatic rings. The van der Waals surface area contributed by atoms with Crippen LogP contribution in [0.5, 0.6) is 17.2 Å². The van der Waals surface area contributed by atoms with Crippen LogP contribution in [0, 0.1) is 5.82 Å². The number of amides is 1. The predicted molar refractivity (Wildman–Crippen MR) is 104 cm³/mol. The van der Waals surface area contributed by atoms with Crippen LogP contribution in [0.2, 0.25) is 5.02 Å². The van der Waals surface area contributed by atoms with Gasteiger partial charge in [-0.05, 0) is 24.3 Å². The molecule has 0 aliphatic carbocycles. The maximum atomic E-state index is 13.5. The molecule has 0 saturated carbocycles. The Bertz CT molecular complexity index is 1210. The number of carbonyl (C=O) groups excluding carboxylic acids is 2. The van der Waals surface area contributed by atoms with Gasteiger partial charge in [-0.15, -0.1) is 13.2 Å². The third kappa shape index (κ3) is 6.25. The van der Waals surface area contributed by atoms with E-state index in [2.05, 4.69) is 15.0 Å². The largest absolute Gasteiger partial charge is 0.573 e. The van der Waals surface area contributed by atoms with E-state index in [9.17, 15) is 40.3 Å². The first-order chi connectivity index (χ1) is 15.7. The number of rotatable bonds is 5. The SMILES string of the molecule is O=C1C=C(NC(=O)c2cc(Cl)c(C(F)(F)F)cc2Oc2ccc(F)cc2OC(F)(F)F)C=NC1. The summed E-state index contributed by atoms with van der Waals surface area (Å²) in [5.41, 5.74) is -2.21. The van der Waals surface area contributed by atoms with Gasteiger partial charge in [-0.2, -0.15) is 13.2 Å². The monoisotopic (exact) mass is 510 g/mol. The summed E-state index contributed by atoms with van der Waals surface area (Å²) in [6.07, 6.45) is -8.20. The van der Waals surface area contributed by atoms with Crippen molar-refractivity contribution in [2.45, 2.75) is 12.5 Å². The van der Waals surface area contributed by atoms with Crippen LogP contribution in [0.1, 0.15) is 15.9 Å². The molecule has 2 aromatic carbocycles. The summed E-state index contributed by atoms with van der Waals surface area (Å²) in [5, 5.41) is 1.28. The lowest BCUT2D eigenvalue weighted by molar-refractivity contribution is -0.275. The van der Waals surface area contributed by atoms with Gasteiger partial charge in [0.2, 0.25) is 0 Å². The summed E-state index contributed by atoms with van der Waals surface area (Å²) in [6.45, 7) is -0.174. The van der Waals surface area contributed by atoms with Crippen LogP contribution in [0.15, 0.2) is 47.1 Å². The van der Waals surface area contributed by atoms with Gasteiger partial charge in [0.25, 0.3) is 5.91 Å². The summed E-state index contributed by atoms with van der Waals surface area (Å²) < 4.78 is 100. The van der Waals surface area contributed by atoms with E-state index in [4.69, 9.17) is 16.3 Å². The van der Waals surface area contributed by atoms with E-state index in [-0.39, 0.29) is 24.4 Å². The highest BCUT2D eigenvalue weighted by molar-refractivity contribution is 6.32. The van der Waals surface area contributed by atoms with Crippen molar-refractivity contribution in [3.63, 3.8) is 0 Å². The number of ketones is 1. The summed E-state index contributed by atoms with van der Waals surface area (Å²) in [6, 6.07) is 2.47. The molecule has 1 N–H and O–H groups in total. The minimum absolute atomic E-state index is 0.105. The van der Waals surface area contributed by atoms with Crippen molar-refractivity contribution < 1.29 is 49.8 Å². The lowest BCUT2D eigenvalue weighted by atomic mass is 10.1. The zero-order valence-corrected chi connectivity index (χ0v) is 17.1. The van der Waals surface area contributed by atoms with Crippen molar-refractivity contribution in [3.8, 4) is 17.2 Å². The molecule has 0 radical (unpaired) electrons. The van der Waals surface area contributed by atoms with Crippen LogP contribution in [0.25, 0.3) is 0 Å². The van der Waals surface area contributed by atoms with Gasteiger partial charge in [0, 0.05) is 18.4 Å². The van der Waals surface area contributed by atoms with Crippen molar-refractivity contribution in [2.24, 2.45) is 4.99 Å².